The van der Waals surface area contributed by atoms with Crippen molar-refractivity contribution in [2.24, 2.45) is 0 Å². The Morgan fingerprint density at radius 3 is 2.33 bits per heavy atom. The first kappa shape index (κ1) is 28.1. The predicted octanol–water partition coefficient (Wildman–Crippen LogP) is 3.01. The summed E-state index contributed by atoms with van der Waals surface area (Å²) in [5, 5.41) is 6.40. The maximum Gasteiger partial charge on any atom is 0.481 e. The van der Waals surface area contributed by atoms with Crippen molar-refractivity contribution >= 4 is 30.5 Å². The zero-order valence-electron chi connectivity index (χ0n) is 21.4. The lowest BCUT2D eigenvalue weighted by atomic mass is 9.75. The van der Waals surface area contributed by atoms with Gasteiger partial charge < -0.3 is 24.7 Å². The molecule has 1 fully saturated rings. The average Bonchev–Trinajstić information content (AvgIpc) is 3.06. The van der Waals surface area contributed by atoms with E-state index in [1.165, 1.54) is 25.7 Å². The van der Waals surface area contributed by atoms with Crippen LogP contribution in [-0.2, 0) is 25.3 Å². The molecule has 1 aliphatic rings. The predicted molar refractivity (Wildman–Crippen MR) is 138 cm³/mol. The quantitative estimate of drug-likeness (QED) is 0.442. The molecule has 1 aromatic heterocycles. The number of carbonyl (C=O) groups is 2. The van der Waals surface area contributed by atoms with E-state index in [1.54, 1.807) is 0 Å². The van der Waals surface area contributed by atoms with E-state index in [1.807, 2.05) is 52.0 Å². The van der Waals surface area contributed by atoms with Crippen LogP contribution in [0.4, 0.5) is 0 Å². The molecule has 2 heterocycles. The smallest absolute Gasteiger partial charge is 0.402 e. The Balaban J connectivity index is 1.71. The van der Waals surface area contributed by atoms with Gasteiger partial charge in [0.15, 0.2) is 0 Å². The molecule has 0 radical (unpaired) electrons. The number of halogens is 1. The number of nitrogens with zero attached hydrogens (tertiary/aromatic N) is 2. The molecule has 11 heteroatoms. The molecule has 0 spiro atoms. The maximum absolute atomic E-state index is 13.3. The second kappa shape index (κ2) is 12.1. The third kappa shape index (κ3) is 7.26. The van der Waals surface area contributed by atoms with Crippen LogP contribution in [0.1, 0.15) is 56.6 Å². The molecule has 2 atom stereocenters. The number of aromatic nitrogens is 2. The van der Waals surface area contributed by atoms with E-state index >= 15 is 0 Å². The number of rotatable bonds is 11. The van der Waals surface area contributed by atoms with E-state index in [9.17, 15) is 9.59 Å². The van der Waals surface area contributed by atoms with Crippen molar-refractivity contribution in [2.45, 2.75) is 70.1 Å². The Labute approximate surface area is 217 Å². The minimum Gasteiger partial charge on any atom is -0.402 e. The number of benzene rings is 1. The first-order chi connectivity index (χ1) is 17.0. The molecule has 3 rings (SSSR count). The molecule has 9 nitrogen and oxygen atoms in total. The third-order valence-corrected chi connectivity index (χ3v) is 6.82. The van der Waals surface area contributed by atoms with Crippen LogP contribution in [0.2, 0.25) is 5.02 Å². The second-order valence-corrected chi connectivity index (χ2v) is 10.3. The van der Waals surface area contributed by atoms with Gasteiger partial charge >= 0.3 is 7.12 Å². The van der Waals surface area contributed by atoms with Crippen molar-refractivity contribution in [2.75, 3.05) is 13.7 Å². The maximum atomic E-state index is 13.3. The van der Waals surface area contributed by atoms with E-state index in [2.05, 4.69) is 20.6 Å². The lowest BCUT2D eigenvalue weighted by Gasteiger charge is -2.32. The van der Waals surface area contributed by atoms with Crippen LogP contribution in [0.5, 0.6) is 0 Å². The summed E-state index contributed by atoms with van der Waals surface area (Å²) in [5.41, 5.74) is 0.148. The minimum absolute atomic E-state index is 0.0152. The van der Waals surface area contributed by atoms with Crippen LogP contribution in [0, 0.1) is 0 Å². The molecule has 0 aliphatic carbocycles. The zero-order chi connectivity index (χ0) is 26.3. The van der Waals surface area contributed by atoms with Gasteiger partial charge in [-0.05, 0) is 64.7 Å². The Hall–Kier alpha value is -2.53. The van der Waals surface area contributed by atoms with Crippen LogP contribution in [-0.4, -0.2) is 65.8 Å². The number of hydrogen-bond donors (Lipinski definition) is 2. The van der Waals surface area contributed by atoms with Crippen molar-refractivity contribution < 1.29 is 23.6 Å². The van der Waals surface area contributed by atoms with E-state index in [4.69, 9.17) is 25.6 Å². The first-order valence-corrected chi connectivity index (χ1v) is 12.4. The number of ether oxygens (including phenoxy) is 1. The summed E-state index contributed by atoms with van der Waals surface area (Å²) >= 11 is 6.00. The minimum atomic E-state index is -0.939. The highest BCUT2D eigenvalue weighted by Crippen LogP contribution is 2.38. The molecule has 0 unspecified atom stereocenters. The summed E-state index contributed by atoms with van der Waals surface area (Å²) in [6, 6.07) is 6.76. The van der Waals surface area contributed by atoms with Crippen LogP contribution in [0.25, 0.3) is 0 Å². The van der Waals surface area contributed by atoms with Gasteiger partial charge in [0.25, 0.3) is 5.91 Å². The first-order valence-electron chi connectivity index (χ1n) is 12.0. The number of methoxy groups -OCH3 is 1. The molecule has 0 saturated carbocycles. The van der Waals surface area contributed by atoms with E-state index in [0.717, 1.165) is 18.4 Å². The number of amides is 2. The van der Waals surface area contributed by atoms with Crippen LogP contribution >= 0.6 is 11.6 Å². The summed E-state index contributed by atoms with van der Waals surface area (Å²) in [6.45, 7) is 7.85. The summed E-state index contributed by atoms with van der Waals surface area (Å²) in [6.07, 6.45) is 6.39. The molecule has 36 heavy (non-hydrogen) atoms. The molecule has 194 valence electrons. The Morgan fingerprint density at radius 1 is 1.08 bits per heavy atom. The van der Waals surface area contributed by atoms with Gasteiger partial charge in [0.1, 0.15) is 11.7 Å². The van der Waals surface area contributed by atoms with Gasteiger partial charge in [-0.3, -0.25) is 14.6 Å². The standard InChI is InChI=1S/C25H34BClN4O5/c1-24(2)25(3,4)36-26(35-24)21(8-6-7-17-9-11-18(27)12-10-17)31-23(33)20(16-34-5)30-22(32)19-15-28-13-14-29-19/h9-15,20-21H,6-8,16H2,1-5H3,(H,30,32)(H,31,33)/t20-,21+/m1/s1. The SMILES string of the molecule is COC[C@@H](NC(=O)c1cnccn1)C(=O)N[C@@H](CCCc1ccc(Cl)cc1)B1OC(C)(C)C(C)(C)O1. The highest BCUT2D eigenvalue weighted by molar-refractivity contribution is 6.48. The van der Waals surface area contributed by atoms with Gasteiger partial charge in [-0.2, -0.15) is 0 Å². The van der Waals surface area contributed by atoms with Crippen molar-refractivity contribution in [1.29, 1.82) is 0 Å². The molecule has 2 amide bonds. The fourth-order valence-electron chi connectivity index (χ4n) is 3.79. The van der Waals surface area contributed by atoms with Crippen LogP contribution in [0.3, 0.4) is 0 Å². The van der Waals surface area contributed by atoms with Gasteiger partial charge in [0, 0.05) is 24.5 Å². The monoisotopic (exact) mass is 516 g/mol. The lowest BCUT2D eigenvalue weighted by molar-refractivity contribution is -0.124. The highest BCUT2D eigenvalue weighted by atomic mass is 35.5. The van der Waals surface area contributed by atoms with Gasteiger partial charge in [-0.25, -0.2) is 4.98 Å². The summed E-state index contributed by atoms with van der Waals surface area (Å²) in [5.74, 6) is -1.37. The molecule has 0 bridgehead atoms. The van der Waals surface area contributed by atoms with E-state index in [-0.39, 0.29) is 12.3 Å². The van der Waals surface area contributed by atoms with Gasteiger partial charge in [0.05, 0.1) is 29.9 Å². The summed E-state index contributed by atoms with van der Waals surface area (Å²) in [4.78, 5) is 33.8. The average molecular weight is 517 g/mol. The molecule has 2 N–H and O–H groups in total. The third-order valence-electron chi connectivity index (χ3n) is 6.57. The van der Waals surface area contributed by atoms with Crippen molar-refractivity contribution in [1.82, 2.24) is 20.6 Å². The molecule has 1 saturated heterocycles. The summed E-state index contributed by atoms with van der Waals surface area (Å²) < 4.78 is 17.7. The van der Waals surface area contributed by atoms with E-state index in [0.29, 0.717) is 11.4 Å². The molecule has 1 aliphatic heterocycles. The number of aryl methyl sites for hydroxylation is 1. The molecule has 2 aromatic rings. The topological polar surface area (TPSA) is 112 Å². The Kier molecular flexibility index (Phi) is 9.46. The largest absolute Gasteiger partial charge is 0.481 e. The Bertz CT molecular complexity index is 1010. The van der Waals surface area contributed by atoms with E-state index < -0.39 is 42.1 Å². The molecular weight excluding hydrogens is 483 g/mol. The van der Waals surface area contributed by atoms with Crippen LogP contribution < -0.4 is 10.6 Å². The van der Waals surface area contributed by atoms with Crippen LogP contribution in [0.15, 0.2) is 42.9 Å². The van der Waals surface area contributed by atoms with Crippen molar-refractivity contribution in [3.63, 3.8) is 0 Å². The number of carbonyl (C=O) groups excluding carboxylic acids is 2. The molecular formula is C25H34BClN4O5. The van der Waals surface area contributed by atoms with Crippen molar-refractivity contribution in [3.05, 3.63) is 59.1 Å². The van der Waals surface area contributed by atoms with Gasteiger partial charge in [-0.15, -0.1) is 0 Å². The number of hydrogen-bond acceptors (Lipinski definition) is 7. The normalized spacial score (nSPS) is 17.9. The Morgan fingerprint density at radius 2 is 1.75 bits per heavy atom. The fraction of sp³-hybridized carbons (Fsp3) is 0.520. The zero-order valence-corrected chi connectivity index (χ0v) is 22.2. The lowest BCUT2D eigenvalue weighted by Crippen LogP contribution is -2.56. The highest BCUT2D eigenvalue weighted by Gasteiger charge is 2.54. The summed E-state index contributed by atoms with van der Waals surface area (Å²) in [7, 11) is 0.815. The molecule has 1 aromatic carbocycles. The number of nitrogens with one attached hydrogen (secondary N) is 2. The van der Waals surface area contributed by atoms with Crippen molar-refractivity contribution in [3.8, 4) is 0 Å². The van der Waals surface area contributed by atoms with Gasteiger partial charge in [0.2, 0.25) is 5.91 Å². The fourth-order valence-corrected chi connectivity index (χ4v) is 3.91. The van der Waals surface area contributed by atoms with Gasteiger partial charge in [-0.1, -0.05) is 23.7 Å². The second-order valence-electron chi connectivity index (χ2n) is 9.83.